The average Bonchev–Trinajstić information content (AvgIpc) is 3.49. The van der Waals surface area contributed by atoms with Crippen molar-refractivity contribution in [1.29, 1.82) is 0 Å². The number of likely N-dealkylation sites (tertiary alicyclic amines) is 1. The van der Waals surface area contributed by atoms with E-state index in [0.29, 0.717) is 12.8 Å². The maximum absolute atomic E-state index is 14.8. The molecule has 1 aromatic carbocycles. The van der Waals surface area contributed by atoms with Crippen molar-refractivity contribution in [1.82, 2.24) is 4.90 Å². The summed E-state index contributed by atoms with van der Waals surface area (Å²) in [5, 5.41) is 10.5. The summed E-state index contributed by atoms with van der Waals surface area (Å²) in [4.78, 5) is 48.0. The number of ether oxygens (including phenoxy) is 1. The van der Waals surface area contributed by atoms with Crippen LogP contribution >= 0.6 is 11.8 Å². The Balaban J connectivity index is 1.81. The van der Waals surface area contributed by atoms with Crippen LogP contribution in [0.1, 0.15) is 54.4 Å². The molecule has 3 saturated heterocycles. The van der Waals surface area contributed by atoms with Crippen molar-refractivity contribution in [3.8, 4) is 0 Å². The van der Waals surface area contributed by atoms with Crippen molar-refractivity contribution >= 4 is 40.9 Å². The molecule has 2 unspecified atom stereocenters. The number of fused-ring (bicyclic) bond motifs is 1. The van der Waals surface area contributed by atoms with Gasteiger partial charge in [0.2, 0.25) is 5.91 Å². The molecule has 1 aromatic rings. The van der Waals surface area contributed by atoms with Crippen LogP contribution in [0.2, 0.25) is 0 Å². The lowest BCUT2D eigenvalue weighted by Gasteiger charge is -2.40. The molecule has 0 aliphatic carbocycles. The third-order valence-electron chi connectivity index (χ3n) is 9.17. The van der Waals surface area contributed by atoms with Crippen LogP contribution in [0.4, 0.5) is 11.4 Å². The molecule has 2 amide bonds. The maximum atomic E-state index is 14.8. The quantitative estimate of drug-likeness (QED) is 0.298. The van der Waals surface area contributed by atoms with Gasteiger partial charge >= 0.3 is 5.97 Å². The highest BCUT2D eigenvalue weighted by molar-refractivity contribution is 8.02. The summed E-state index contributed by atoms with van der Waals surface area (Å²) in [6, 6.07) is 6.55. The number of benzene rings is 1. The molecule has 3 aliphatic rings. The fraction of sp³-hybridized carbons (Fsp3) is 0.645. The van der Waals surface area contributed by atoms with E-state index < -0.39 is 33.4 Å². The van der Waals surface area contributed by atoms with Crippen LogP contribution in [-0.4, -0.2) is 82.2 Å². The zero-order valence-corrected chi connectivity index (χ0v) is 25.6. The van der Waals surface area contributed by atoms with E-state index in [1.807, 2.05) is 45.0 Å². The van der Waals surface area contributed by atoms with Crippen molar-refractivity contribution in [3.63, 3.8) is 0 Å². The number of anilines is 2. The first-order chi connectivity index (χ1) is 19.0. The number of hydrogen-bond acceptors (Lipinski definition) is 7. The SMILES string of the molecule is C=CCN(C(=O)C1N([C@@H](CO)C(C)C)C(=O)[C@@H]2[C@H](C(=O)OCC)[C@]3(C)CCC12S3)c1ccc(N(CC)CC)cc1. The second-order valence-corrected chi connectivity index (χ2v) is 13.5. The van der Waals surface area contributed by atoms with Crippen molar-refractivity contribution in [2.24, 2.45) is 17.8 Å². The van der Waals surface area contributed by atoms with Gasteiger partial charge in [-0.1, -0.05) is 19.9 Å². The number of rotatable bonds is 12. The fourth-order valence-electron chi connectivity index (χ4n) is 7.24. The fourth-order valence-corrected chi connectivity index (χ4v) is 9.57. The molecule has 0 radical (unpaired) electrons. The van der Waals surface area contributed by atoms with Crippen LogP contribution in [0.5, 0.6) is 0 Å². The molecule has 1 N–H and O–H groups in total. The lowest BCUT2D eigenvalue weighted by atomic mass is 9.66. The summed E-state index contributed by atoms with van der Waals surface area (Å²) in [7, 11) is 0. The van der Waals surface area contributed by atoms with Gasteiger partial charge in [0.25, 0.3) is 5.91 Å². The Kier molecular flexibility index (Phi) is 8.95. The zero-order chi connectivity index (χ0) is 29.4. The molecule has 3 aliphatic heterocycles. The second kappa shape index (κ2) is 11.8. The highest BCUT2D eigenvalue weighted by Crippen LogP contribution is 2.72. The Morgan fingerprint density at radius 1 is 1.18 bits per heavy atom. The molecule has 1 spiro atoms. The van der Waals surface area contributed by atoms with Crippen molar-refractivity contribution in [2.75, 3.05) is 42.6 Å². The standard InChI is InChI=1S/C31H45N3O5S/c1-8-18-33(22-14-12-21(13-15-22)32(9-2)10-3)28(37)26-31-17-16-30(7,40-31)25(29(38)39-11-4)24(31)27(36)34(26)23(19-35)20(5)6/h8,12-15,20,23-26,35H,1,9-11,16-19H2,2-7H3/t23-,24-,25+,26?,30-,31?/m0/s1. The van der Waals surface area contributed by atoms with Gasteiger partial charge in [0, 0.05) is 35.8 Å². The molecule has 4 rings (SSSR count). The molecular formula is C31H45N3O5S. The van der Waals surface area contributed by atoms with E-state index in [4.69, 9.17) is 4.74 Å². The van der Waals surface area contributed by atoms with Gasteiger partial charge in [-0.15, -0.1) is 18.3 Å². The predicted octanol–water partition coefficient (Wildman–Crippen LogP) is 4.11. The van der Waals surface area contributed by atoms with Crippen LogP contribution in [0.3, 0.4) is 0 Å². The van der Waals surface area contributed by atoms with E-state index >= 15 is 0 Å². The average molecular weight is 572 g/mol. The monoisotopic (exact) mass is 571 g/mol. The second-order valence-electron chi connectivity index (χ2n) is 11.6. The third-order valence-corrected chi connectivity index (χ3v) is 11.2. The maximum Gasteiger partial charge on any atom is 0.311 e. The molecular weight excluding hydrogens is 526 g/mol. The van der Waals surface area contributed by atoms with Crippen LogP contribution < -0.4 is 9.80 Å². The van der Waals surface area contributed by atoms with Gasteiger partial charge in [-0.2, -0.15) is 0 Å². The number of aliphatic hydroxyl groups excluding tert-OH is 1. The summed E-state index contributed by atoms with van der Waals surface area (Å²) in [6.07, 6.45) is 3.06. The lowest BCUT2D eigenvalue weighted by molar-refractivity contribution is -0.155. The smallest absolute Gasteiger partial charge is 0.311 e. The van der Waals surface area contributed by atoms with Crippen molar-refractivity contribution < 1.29 is 24.2 Å². The highest BCUT2D eigenvalue weighted by Gasteiger charge is 2.78. The van der Waals surface area contributed by atoms with E-state index in [-0.39, 0.29) is 43.5 Å². The van der Waals surface area contributed by atoms with E-state index in [0.717, 1.165) is 24.5 Å². The normalized spacial score (nSPS) is 29.4. The number of amides is 2. The van der Waals surface area contributed by atoms with Gasteiger partial charge in [-0.05, 0) is 70.7 Å². The number of hydrogen-bond donors (Lipinski definition) is 1. The molecule has 3 heterocycles. The largest absolute Gasteiger partial charge is 0.466 e. The minimum Gasteiger partial charge on any atom is -0.466 e. The number of thioether (sulfide) groups is 1. The van der Waals surface area contributed by atoms with Crippen LogP contribution in [-0.2, 0) is 19.1 Å². The van der Waals surface area contributed by atoms with E-state index in [1.165, 1.54) is 0 Å². The molecule has 220 valence electrons. The molecule has 40 heavy (non-hydrogen) atoms. The minimum absolute atomic E-state index is 0.0838. The number of carbonyl (C=O) groups excluding carboxylic acids is 3. The predicted molar refractivity (Wildman–Crippen MR) is 160 cm³/mol. The summed E-state index contributed by atoms with van der Waals surface area (Å²) < 4.78 is 4.22. The van der Waals surface area contributed by atoms with Crippen LogP contribution in [0.15, 0.2) is 36.9 Å². The molecule has 9 heteroatoms. The van der Waals surface area contributed by atoms with Crippen molar-refractivity contribution in [3.05, 3.63) is 36.9 Å². The van der Waals surface area contributed by atoms with Crippen LogP contribution in [0, 0.1) is 17.8 Å². The molecule has 3 fully saturated rings. The first-order valence-electron chi connectivity index (χ1n) is 14.6. The molecule has 0 aromatic heterocycles. The summed E-state index contributed by atoms with van der Waals surface area (Å²) in [5.41, 5.74) is 1.80. The molecule has 8 nitrogen and oxygen atoms in total. The Hall–Kier alpha value is -2.52. The van der Waals surface area contributed by atoms with E-state index in [1.54, 1.807) is 34.6 Å². The summed E-state index contributed by atoms with van der Waals surface area (Å²) >= 11 is 1.62. The van der Waals surface area contributed by atoms with Crippen LogP contribution in [0.25, 0.3) is 0 Å². The first kappa shape index (κ1) is 30.4. The molecule has 2 bridgehead atoms. The Morgan fingerprint density at radius 3 is 2.33 bits per heavy atom. The van der Waals surface area contributed by atoms with Gasteiger partial charge in [0.05, 0.1) is 35.8 Å². The number of nitrogens with zero attached hydrogens (tertiary/aromatic N) is 3. The van der Waals surface area contributed by atoms with E-state index in [9.17, 15) is 19.5 Å². The molecule has 6 atom stereocenters. The zero-order valence-electron chi connectivity index (χ0n) is 24.8. The number of esters is 1. The Morgan fingerprint density at radius 2 is 1.80 bits per heavy atom. The summed E-state index contributed by atoms with van der Waals surface area (Å²) in [6.45, 7) is 17.8. The van der Waals surface area contributed by atoms with Gasteiger partial charge in [-0.25, -0.2) is 0 Å². The van der Waals surface area contributed by atoms with Gasteiger partial charge in [0.15, 0.2) is 0 Å². The van der Waals surface area contributed by atoms with Gasteiger partial charge in [0.1, 0.15) is 6.04 Å². The number of carbonyl (C=O) groups is 3. The number of aliphatic hydroxyl groups is 1. The topological polar surface area (TPSA) is 90.4 Å². The third kappa shape index (κ3) is 4.73. The van der Waals surface area contributed by atoms with Crippen molar-refractivity contribution in [2.45, 2.75) is 76.0 Å². The van der Waals surface area contributed by atoms with Gasteiger partial charge in [-0.3, -0.25) is 14.4 Å². The minimum atomic E-state index is -0.821. The first-order valence-corrected chi connectivity index (χ1v) is 15.4. The summed E-state index contributed by atoms with van der Waals surface area (Å²) in [5.74, 6) is -2.19. The lowest BCUT2D eigenvalue weighted by Crippen LogP contribution is -2.58. The Labute approximate surface area is 243 Å². The van der Waals surface area contributed by atoms with E-state index in [2.05, 4.69) is 25.3 Å². The highest BCUT2D eigenvalue weighted by atomic mass is 32.2. The molecule has 0 saturated carbocycles. The van der Waals surface area contributed by atoms with Gasteiger partial charge < -0.3 is 24.5 Å². The Bertz CT molecular complexity index is 1120.